The smallest absolute Gasteiger partial charge is 0.238 e. The highest BCUT2D eigenvalue weighted by atomic mass is 16.5. The third-order valence-corrected chi connectivity index (χ3v) is 7.28. The number of hydrogen-bond donors (Lipinski definition) is 2. The molecule has 0 spiro atoms. The van der Waals surface area contributed by atoms with Crippen LogP contribution >= 0.6 is 0 Å². The molecular formula is C27H36N2O4. The first kappa shape index (κ1) is 23.6. The minimum Gasteiger partial charge on any atom is -0.497 e. The molecule has 1 aliphatic carbocycles. The van der Waals surface area contributed by atoms with Crippen LogP contribution in [0.25, 0.3) is 0 Å². The zero-order valence-corrected chi connectivity index (χ0v) is 20.2. The Labute approximate surface area is 196 Å². The van der Waals surface area contributed by atoms with Gasteiger partial charge in [-0.15, -0.1) is 0 Å². The van der Waals surface area contributed by atoms with Crippen LogP contribution in [0.1, 0.15) is 54.8 Å². The van der Waals surface area contributed by atoms with E-state index in [0.29, 0.717) is 13.0 Å². The minimum atomic E-state index is -0.700. The van der Waals surface area contributed by atoms with Crippen molar-refractivity contribution in [3.63, 3.8) is 0 Å². The summed E-state index contributed by atoms with van der Waals surface area (Å²) in [7, 11) is 3.30. The standard InChI is InChI=1S/C27H36N2O4/c1-18-13-19(2)15-20(14-18)28-25(30)17-29-12-11-27(31)10-6-5-7-23(27)26(29)22-9-8-21(32-3)16-24(22)33-4/h8-9,13-16,23,26,31H,5-7,10-12,17H2,1-4H3,(H,28,30)/t23-,26+,27-/m1/s1. The van der Waals surface area contributed by atoms with Gasteiger partial charge in [0.1, 0.15) is 11.5 Å². The van der Waals surface area contributed by atoms with Crippen LogP contribution in [0.2, 0.25) is 0 Å². The molecule has 2 fully saturated rings. The quantitative estimate of drug-likeness (QED) is 0.669. The van der Waals surface area contributed by atoms with Gasteiger partial charge in [-0.1, -0.05) is 25.0 Å². The number of benzene rings is 2. The molecule has 33 heavy (non-hydrogen) atoms. The van der Waals surface area contributed by atoms with Crippen LogP contribution < -0.4 is 14.8 Å². The first-order chi connectivity index (χ1) is 15.8. The molecule has 2 aromatic rings. The summed E-state index contributed by atoms with van der Waals surface area (Å²) in [5.41, 5.74) is 3.37. The van der Waals surface area contributed by atoms with E-state index in [9.17, 15) is 9.90 Å². The van der Waals surface area contributed by atoms with Gasteiger partial charge in [0.05, 0.1) is 26.4 Å². The normalized spacial score (nSPS) is 25.2. The zero-order valence-electron chi connectivity index (χ0n) is 20.2. The molecule has 1 heterocycles. The first-order valence-electron chi connectivity index (χ1n) is 11.9. The number of piperidine rings is 1. The number of amides is 1. The number of aliphatic hydroxyl groups is 1. The molecule has 0 radical (unpaired) electrons. The molecule has 1 saturated carbocycles. The highest BCUT2D eigenvalue weighted by Gasteiger charge is 2.49. The van der Waals surface area contributed by atoms with E-state index < -0.39 is 5.60 Å². The molecule has 2 aliphatic rings. The van der Waals surface area contributed by atoms with Crippen LogP contribution in [0.3, 0.4) is 0 Å². The summed E-state index contributed by atoms with van der Waals surface area (Å²) < 4.78 is 11.1. The van der Waals surface area contributed by atoms with Gasteiger partial charge in [-0.05, 0) is 62.4 Å². The van der Waals surface area contributed by atoms with Crippen LogP contribution in [0.4, 0.5) is 5.69 Å². The molecule has 0 unspecified atom stereocenters. The molecule has 6 nitrogen and oxygen atoms in total. The number of fused-ring (bicyclic) bond motifs is 1. The van der Waals surface area contributed by atoms with Gasteiger partial charge in [-0.2, -0.15) is 0 Å². The maximum absolute atomic E-state index is 13.1. The predicted molar refractivity (Wildman–Crippen MR) is 130 cm³/mol. The zero-order chi connectivity index (χ0) is 23.6. The minimum absolute atomic E-state index is 0.0428. The molecule has 178 valence electrons. The Hall–Kier alpha value is -2.57. The van der Waals surface area contributed by atoms with Gasteiger partial charge in [0, 0.05) is 35.8 Å². The Balaban J connectivity index is 1.63. The van der Waals surface area contributed by atoms with Crippen LogP contribution in [0.5, 0.6) is 11.5 Å². The number of hydrogen-bond acceptors (Lipinski definition) is 5. The summed E-state index contributed by atoms with van der Waals surface area (Å²) in [5.74, 6) is 1.47. The average molecular weight is 453 g/mol. The second-order valence-electron chi connectivity index (χ2n) is 9.65. The summed E-state index contributed by atoms with van der Waals surface area (Å²) in [4.78, 5) is 15.3. The summed E-state index contributed by atoms with van der Waals surface area (Å²) in [6.45, 7) is 4.99. The Morgan fingerprint density at radius 3 is 2.55 bits per heavy atom. The monoisotopic (exact) mass is 452 g/mol. The number of methoxy groups -OCH3 is 2. The van der Waals surface area contributed by atoms with Crippen molar-refractivity contribution in [1.29, 1.82) is 0 Å². The Morgan fingerprint density at radius 2 is 1.85 bits per heavy atom. The van der Waals surface area contributed by atoms with E-state index in [1.165, 1.54) is 0 Å². The van der Waals surface area contributed by atoms with Crippen molar-refractivity contribution in [2.75, 3.05) is 32.6 Å². The van der Waals surface area contributed by atoms with Crippen molar-refractivity contribution < 1.29 is 19.4 Å². The topological polar surface area (TPSA) is 71.0 Å². The molecule has 6 heteroatoms. The van der Waals surface area contributed by atoms with Crippen LogP contribution in [-0.4, -0.2) is 48.8 Å². The van der Waals surface area contributed by atoms with Crippen molar-refractivity contribution in [3.05, 3.63) is 53.1 Å². The molecule has 0 bridgehead atoms. The van der Waals surface area contributed by atoms with E-state index in [2.05, 4.69) is 16.3 Å². The van der Waals surface area contributed by atoms with Crippen LogP contribution in [0.15, 0.2) is 36.4 Å². The average Bonchev–Trinajstić information content (AvgIpc) is 2.78. The fourth-order valence-corrected chi connectivity index (χ4v) is 5.83. The number of rotatable bonds is 6. The van der Waals surface area contributed by atoms with Gasteiger partial charge in [0.25, 0.3) is 0 Å². The number of aryl methyl sites for hydroxylation is 2. The van der Waals surface area contributed by atoms with E-state index in [1.54, 1.807) is 14.2 Å². The number of nitrogens with zero attached hydrogens (tertiary/aromatic N) is 1. The van der Waals surface area contributed by atoms with E-state index in [0.717, 1.165) is 59.6 Å². The summed E-state index contributed by atoms with van der Waals surface area (Å²) in [6, 6.07) is 11.8. The van der Waals surface area contributed by atoms with E-state index in [4.69, 9.17) is 9.47 Å². The van der Waals surface area contributed by atoms with E-state index in [1.807, 2.05) is 44.2 Å². The molecule has 1 saturated heterocycles. The van der Waals surface area contributed by atoms with E-state index >= 15 is 0 Å². The summed E-state index contributed by atoms with van der Waals surface area (Å²) in [6.07, 6.45) is 4.57. The maximum atomic E-state index is 13.1. The van der Waals surface area contributed by atoms with Gasteiger partial charge in [0.15, 0.2) is 0 Å². The Bertz CT molecular complexity index is 987. The lowest BCUT2D eigenvalue weighted by Gasteiger charge is -2.52. The van der Waals surface area contributed by atoms with Crippen molar-refractivity contribution in [2.45, 2.75) is 57.6 Å². The number of carbonyl (C=O) groups excluding carboxylic acids is 1. The molecular weight excluding hydrogens is 416 g/mol. The molecule has 1 aliphatic heterocycles. The maximum Gasteiger partial charge on any atom is 0.238 e. The van der Waals surface area contributed by atoms with Crippen molar-refractivity contribution >= 4 is 11.6 Å². The lowest BCUT2D eigenvalue weighted by molar-refractivity contribution is -0.135. The number of nitrogens with one attached hydrogen (secondary N) is 1. The van der Waals surface area contributed by atoms with Crippen LogP contribution in [0, 0.1) is 19.8 Å². The Kier molecular flexibility index (Phi) is 6.96. The molecule has 0 aromatic heterocycles. The molecule has 3 atom stereocenters. The van der Waals surface area contributed by atoms with Crippen molar-refractivity contribution in [3.8, 4) is 11.5 Å². The fourth-order valence-electron chi connectivity index (χ4n) is 5.83. The molecule has 1 amide bonds. The first-order valence-corrected chi connectivity index (χ1v) is 11.9. The summed E-state index contributed by atoms with van der Waals surface area (Å²) >= 11 is 0. The highest BCUT2D eigenvalue weighted by molar-refractivity contribution is 5.92. The van der Waals surface area contributed by atoms with Crippen molar-refractivity contribution in [2.24, 2.45) is 5.92 Å². The third-order valence-electron chi connectivity index (χ3n) is 7.28. The second-order valence-corrected chi connectivity index (χ2v) is 9.65. The predicted octanol–water partition coefficient (Wildman–Crippen LogP) is 4.63. The fraction of sp³-hybridized carbons (Fsp3) is 0.519. The number of carbonyl (C=O) groups is 1. The molecule has 2 aromatic carbocycles. The molecule has 4 rings (SSSR count). The lowest BCUT2D eigenvalue weighted by Crippen LogP contribution is -2.56. The number of anilines is 1. The Morgan fingerprint density at radius 1 is 1.09 bits per heavy atom. The van der Waals surface area contributed by atoms with Gasteiger partial charge in [-0.25, -0.2) is 0 Å². The van der Waals surface area contributed by atoms with Gasteiger partial charge in [-0.3, -0.25) is 9.69 Å². The highest BCUT2D eigenvalue weighted by Crippen LogP contribution is 2.51. The third kappa shape index (κ3) is 5.02. The van der Waals surface area contributed by atoms with Gasteiger partial charge < -0.3 is 19.9 Å². The van der Waals surface area contributed by atoms with Gasteiger partial charge >= 0.3 is 0 Å². The van der Waals surface area contributed by atoms with Crippen molar-refractivity contribution in [1.82, 2.24) is 4.90 Å². The van der Waals surface area contributed by atoms with Crippen LogP contribution in [-0.2, 0) is 4.79 Å². The number of likely N-dealkylation sites (tertiary alicyclic amines) is 1. The number of ether oxygens (including phenoxy) is 2. The largest absolute Gasteiger partial charge is 0.497 e. The second kappa shape index (κ2) is 9.74. The van der Waals surface area contributed by atoms with Gasteiger partial charge in [0.2, 0.25) is 5.91 Å². The SMILES string of the molecule is COc1ccc([C@H]2[C@H]3CCCC[C@@]3(O)CCN2CC(=O)Nc2cc(C)cc(C)c2)c(OC)c1. The van der Waals surface area contributed by atoms with E-state index in [-0.39, 0.29) is 24.4 Å². The summed E-state index contributed by atoms with van der Waals surface area (Å²) in [5, 5.41) is 14.6. The molecule has 2 N–H and O–H groups in total. The lowest BCUT2D eigenvalue weighted by atomic mass is 9.66.